The number of rotatable bonds is 5. The van der Waals surface area contributed by atoms with Crippen molar-refractivity contribution in [3.05, 3.63) is 101 Å². The van der Waals surface area contributed by atoms with Gasteiger partial charge in [0.05, 0.1) is 12.1 Å². The lowest BCUT2D eigenvalue weighted by molar-refractivity contribution is -0.119. The van der Waals surface area contributed by atoms with Crippen LogP contribution < -0.4 is 10.7 Å². The van der Waals surface area contributed by atoms with Crippen LogP contribution in [0.4, 0.5) is 5.69 Å². The average molecular weight is 358 g/mol. The van der Waals surface area contributed by atoms with E-state index >= 15 is 0 Å². The third kappa shape index (κ3) is 3.53. The van der Waals surface area contributed by atoms with Gasteiger partial charge in [-0.2, -0.15) is 0 Å². The largest absolute Gasteiger partial charge is 0.420 e. The number of fused-ring (bicyclic) bond motifs is 1. The molecule has 0 atom stereocenters. The summed E-state index contributed by atoms with van der Waals surface area (Å²) in [7, 11) is 0. The van der Waals surface area contributed by atoms with Crippen LogP contribution in [-0.2, 0) is 17.9 Å². The van der Waals surface area contributed by atoms with E-state index in [1.54, 1.807) is 23.1 Å². The molecule has 1 aromatic heterocycles. The molecule has 0 aliphatic heterocycles. The molecule has 1 amide bonds. The summed E-state index contributed by atoms with van der Waals surface area (Å²) in [5.41, 5.74) is 2.89. The van der Waals surface area contributed by atoms with Crippen molar-refractivity contribution in [1.82, 2.24) is 4.57 Å². The third-order valence-corrected chi connectivity index (χ3v) is 4.42. The molecule has 134 valence electrons. The Kier molecular flexibility index (Phi) is 4.58. The lowest BCUT2D eigenvalue weighted by atomic mass is 10.2. The van der Waals surface area contributed by atoms with Gasteiger partial charge < -0.3 is 9.32 Å². The molecule has 3 aromatic carbocycles. The molecule has 0 saturated carbocycles. The van der Waals surface area contributed by atoms with Crippen molar-refractivity contribution in [2.45, 2.75) is 13.1 Å². The lowest BCUT2D eigenvalue weighted by Gasteiger charge is -2.23. The maximum Gasteiger partial charge on any atom is 0.420 e. The van der Waals surface area contributed by atoms with Gasteiger partial charge in [-0.3, -0.25) is 9.36 Å². The summed E-state index contributed by atoms with van der Waals surface area (Å²) in [4.78, 5) is 27.0. The first-order valence-corrected chi connectivity index (χ1v) is 8.70. The van der Waals surface area contributed by atoms with E-state index in [4.69, 9.17) is 4.42 Å². The molecular formula is C22H18N2O3. The first-order valence-electron chi connectivity index (χ1n) is 8.70. The fourth-order valence-corrected chi connectivity index (χ4v) is 3.08. The number of hydrogen-bond donors (Lipinski definition) is 0. The van der Waals surface area contributed by atoms with E-state index in [2.05, 4.69) is 0 Å². The van der Waals surface area contributed by atoms with Crippen molar-refractivity contribution >= 4 is 22.7 Å². The van der Waals surface area contributed by atoms with E-state index in [0.717, 1.165) is 11.3 Å². The fraction of sp³-hybridized carbons (Fsp3) is 0.0909. The molecular weight excluding hydrogens is 340 g/mol. The minimum absolute atomic E-state index is 0.0857. The minimum Gasteiger partial charge on any atom is -0.408 e. The van der Waals surface area contributed by atoms with Crippen molar-refractivity contribution in [2.75, 3.05) is 4.90 Å². The van der Waals surface area contributed by atoms with Gasteiger partial charge in [-0.1, -0.05) is 60.7 Å². The second-order valence-corrected chi connectivity index (χ2v) is 6.22. The zero-order valence-corrected chi connectivity index (χ0v) is 14.6. The van der Waals surface area contributed by atoms with Crippen molar-refractivity contribution in [3.63, 3.8) is 0 Å². The second-order valence-electron chi connectivity index (χ2n) is 6.22. The molecule has 0 N–H and O–H groups in total. The highest BCUT2D eigenvalue weighted by Gasteiger charge is 2.19. The number of aromatic nitrogens is 1. The van der Waals surface area contributed by atoms with Crippen LogP contribution >= 0.6 is 0 Å². The Labute approximate surface area is 156 Å². The van der Waals surface area contributed by atoms with Gasteiger partial charge in [0, 0.05) is 5.69 Å². The molecule has 0 radical (unpaired) electrons. The summed E-state index contributed by atoms with van der Waals surface area (Å²) in [6.07, 6.45) is 0. The van der Waals surface area contributed by atoms with E-state index in [1.165, 1.54) is 4.57 Å². The van der Waals surface area contributed by atoms with E-state index in [1.807, 2.05) is 66.7 Å². The number of amides is 1. The van der Waals surface area contributed by atoms with Gasteiger partial charge in [-0.25, -0.2) is 4.79 Å². The number of oxazole rings is 1. The summed E-state index contributed by atoms with van der Waals surface area (Å²) in [5, 5.41) is 0. The Bertz CT molecular complexity index is 1110. The SMILES string of the molecule is O=C(Cn1c(=O)oc2ccccc21)N(Cc1ccccc1)c1ccccc1. The predicted octanol–water partition coefficient (Wildman–Crippen LogP) is 3.83. The minimum atomic E-state index is -0.530. The third-order valence-electron chi connectivity index (χ3n) is 4.42. The van der Waals surface area contributed by atoms with Gasteiger partial charge in [0.1, 0.15) is 6.54 Å². The van der Waals surface area contributed by atoms with E-state index in [0.29, 0.717) is 17.6 Å². The molecule has 0 aliphatic carbocycles. The number of carbonyl (C=O) groups is 1. The molecule has 4 rings (SSSR count). The Morgan fingerprint density at radius 2 is 1.48 bits per heavy atom. The van der Waals surface area contributed by atoms with Crippen LogP contribution in [0.2, 0.25) is 0 Å². The monoisotopic (exact) mass is 358 g/mol. The van der Waals surface area contributed by atoms with Crippen molar-refractivity contribution in [3.8, 4) is 0 Å². The number of nitrogens with zero attached hydrogens (tertiary/aromatic N) is 2. The summed E-state index contributed by atoms with van der Waals surface area (Å²) < 4.78 is 6.61. The molecule has 0 bridgehead atoms. The van der Waals surface area contributed by atoms with Crippen molar-refractivity contribution in [1.29, 1.82) is 0 Å². The first kappa shape index (κ1) is 16.8. The zero-order chi connectivity index (χ0) is 18.6. The highest BCUT2D eigenvalue weighted by molar-refractivity contribution is 5.93. The van der Waals surface area contributed by atoms with Crippen LogP contribution in [0.5, 0.6) is 0 Å². The lowest BCUT2D eigenvalue weighted by Crippen LogP contribution is -2.35. The number of carbonyl (C=O) groups excluding carboxylic acids is 1. The van der Waals surface area contributed by atoms with Gasteiger partial charge in [0.15, 0.2) is 5.58 Å². The van der Waals surface area contributed by atoms with Gasteiger partial charge in [0.2, 0.25) is 5.91 Å². The van der Waals surface area contributed by atoms with Crippen molar-refractivity contribution in [2.24, 2.45) is 0 Å². The smallest absolute Gasteiger partial charge is 0.408 e. The maximum atomic E-state index is 13.1. The molecule has 5 heteroatoms. The van der Waals surface area contributed by atoms with Crippen LogP contribution in [0.15, 0.2) is 94.1 Å². The van der Waals surface area contributed by atoms with Crippen LogP contribution in [0.1, 0.15) is 5.56 Å². The second kappa shape index (κ2) is 7.33. The maximum absolute atomic E-state index is 13.1. The van der Waals surface area contributed by atoms with Crippen LogP contribution in [-0.4, -0.2) is 10.5 Å². The van der Waals surface area contributed by atoms with Gasteiger partial charge in [-0.15, -0.1) is 0 Å². The Hall–Kier alpha value is -3.60. The highest BCUT2D eigenvalue weighted by atomic mass is 16.4. The average Bonchev–Trinajstić information content (AvgIpc) is 3.03. The van der Waals surface area contributed by atoms with Gasteiger partial charge >= 0.3 is 5.76 Å². The molecule has 5 nitrogen and oxygen atoms in total. The van der Waals surface area contributed by atoms with Crippen LogP contribution in [0.25, 0.3) is 11.1 Å². The number of benzene rings is 3. The molecule has 0 saturated heterocycles. The quantitative estimate of drug-likeness (QED) is 0.545. The molecule has 1 heterocycles. The van der Waals surface area contributed by atoms with Gasteiger partial charge in [0.25, 0.3) is 0 Å². The molecule has 0 unspecified atom stereocenters. The summed E-state index contributed by atoms with van der Waals surface area (Å²) in [6.45, 7) is 0.339. The Morgan fingerprint density at radius 3 is 2.22 bits per heavy atom. The van der Waals surface area contributed by atoms with Crippen LogP contribution in [0.3, 0.4) is 0 Å². The van der Waals surface area contributed by atoms with E-state index in [-0.39, 0.29) is 12.5 Å². The van der Waals surface area contributed by atoms with Gasteiger partial charge in [-0.05, 0) is 29.8 Å². The number of para-hydroxylation sites is 3. The molecule has 4 aromatic rings. The molecule has 27 heavy (non-hydrogen) atoms. The number of anilines is 1. The summed E-state index contributed by atoms with van der Waals surface area (Å²) in [6, 6.07) is 26.3. The predicted molar refractivity (Wildman–Crippen MR) is 105 cm³/mol. The topological polar surface area (TPSA) is 55.5 Å². The fourth-order valence-electron chi connectivity index (χ4n) is 3.08. The number of hydrogen-bond acceptors (Lipinski definition) is 3. The van der Waals surface area contributed by atoms with Crippen LogP contribution in [0, 0.1) is 0 Å². The van der Waals surface area contributed by atoms with E-state index < -0.39 is 5.76 Å². The Balaban J connectivity index is 1.68. The standard InChI is InChI=1S/C22H18N2O3/c25-21(16-24-19-13-7-8-14-20(19)27-22(24)26)23(18-11-5-2-6-12-18)15-17-9-3-1-4-10-17/h1-14H,15-16H2. The van der Waals surface area contributed by atoms with E-state index in [9.17, 15) is 9.59 Å². The molecule has 0 spiro atoms. The first-order chi connectivity index (χ1) is 13.2. The Morgan fingerprint density at radius 1 is 0.852 bits per heavy atom. The molecule has 0 aliphatic rings. The zero-order valence-electron chi connectivity index (χ0n) is 14.6. The summed E-state index contributed by atoms with van der Waals surface area (Å²) >= 11 is 0. The molecule has 0 fully saturated rings. The van der Waals surface area contributed by atoms with Crippen molar-refractivity contribution < 1.29 is 9.21 Å². The summed E-state index contributed by atoms with van der Waals surface area (Å²) in [5.74, 6) is -0.712. The normalized spacial score (nSPS) is 10.8. The highest BCUT2D eigenvalue weighted by Crippen LogP contribution is 2.19.